The van der Waals surface area contributed by atoms with E-state index >= 15 is 0 Å². The van der Waals surface area contributed by atoms with Gasteiger partial charge in [-0.15, -0.1) is 0 Å². The maximum Gasteiger partial charge on any atom is 0.254 e. The second kappa shape index (κ2) is 4.33. The number of piperazine rings is 1. The Morgan fingerprint density at radius 3 is 2.56 bits per heavy atom. The van der Waals surface area contributed by atoms with Crippen LogP contribution in [0, 0.1) is 0 Å². The highest BCUT2D eigenvalue weighted by Gasteiger charge is 2.40. The molecule has 96 valence electrons. The number of nitrogens with zero attached hydrogens (tertiary/aromatic N) is 1. The third-order valence-electron chi connectivity index (χ3n) is 3.25. The molecule has 1 heterocycles. The maximum absolute atomic E-state index is 12.4. The molecule has 2 rings (SSSR count). The van der Waals surface area contributed by atoms with Crippen molar-refractivity contribution in [1.29, 1.82) is 0 Å². The third kappa shape index (κ3) is 2.03. The van der Waals surface area contributed by atoms with Gasteiger partial charge in [0.25, 0.3) is 5.91 Å². The predicted molar refractivity (Wildman–Crippen MR) is 69.0 cm³/mol. The lowest BCUT2D eigenvalue weighted by atomic mass is 9.97. The Morgan fingerprint density at radius 1 is 1.33 bits per heavy atom. The highest BCUT2D eigenvalue weighted by Crippen LogP contribution is 2.21. The normalized spacial score (nSPS) is 18.3. The molecule has 1 saturated heterocycles. The zero-order valence-electron chi connectivity index (χ0n) is 10.6. The number of benzene rings is 1. The summed E-state index contributed by atoms with van der Waals surface area (Å²) < 4.78 is 0. The Morgan fingerprint density at radius 2 is 1.94 bits per heavy atom. The van der Waals surface area contributed by atoms with Crippen LogP contribution in [0.5, 0.6) is 0 Å². The standard InChI is InChI=1S/C13H17N3O2/c1-13(2)12(18)15-7-8-16(13)11(17)9-3-5-10(14)6-4-9/h3-6H,7-8,14H2,1-2H3,(H,15,18). The van der Waals surface area contributed by atoms with Gasteiger partial charge in [0.15, 0.2) is 0 Å². The van der Waals surface area contributed by atoms with Gasteiger partial charge in [-0.2, -0.15) is 0 Å². The van der Waals surface area contributed by atoms with Gasteiger partial charge in [0.05, 0.1) is 0 Å². The Hall–Kier alpha value is -2.04. The van der Waals surface area contributed by atoms with Gasteiger partial charge in [-0.1, -0.05) is 0 Å². The first-order valence-corrected chi connectivity index (χ1v) is 5.89. The molecule has 3 N–H and O–H groups in total. The minimum absolute atomic E-state index is 0.127. The van der Waals surface area contributed by atoms with Crippen molar-refractivity contribution < 1.29 is 9.59 Å². The van der Waals surface area contributed by atoms with Crippen LogP contribution in [0.15, 0.2) is 24.3 Å². The minimum Gasteiger partial charge on any atom is -0.399 e. The van der Waals surface area contributed by atoms with Gasteiger partial charge >= 0.3 is 0 Å². The lowest BCUT2D eigenvalue weighted by Crippen LogP contribution is -2.63. The molecule has 1 aromatic carbocycles. The van der Waals surface area contributed by atoms with Crippen molar-refractivity contribution in [2.24, 2.45) is 0 Å². The van der Waals surface area contributed by atoms with Crippen LogP contribution < -0.4 is 11.1 Å². The van der Waals surface area contributed by atoms with Gasteiger partial charge in [-0.05, 0) is 38.1 Å². The summed E-state index contributed by atoms with van der Waals surface area (Å²) in [6.07, 6.45) is 0. The van der Waals surface area contributed by atoms with E-state index in [0.29, 0.717) is 24.3 Å². The van der Waals surface area contributed by atoms with Crippen LogP contribution >= 0.6 is 0 Å². The molecule has 1 aliphatic heterocycles. The highest BCUT2D eigenvalue weighted by molar-refractivity contribution is 5.99. The first kappa shape index (κ1) is 12.4. The van der Waals surface area contributed by atoms with Crippen molar-refractivity contribution in [3.8, 4) is 0 Å². The number of nitrogen functional groups attached to an aromatic ring is 1. The smallest absolute Gasteiger partial charge is 0.254 e. The molecule has 5 nitrogen and oxygen atoms in total. The quantitative estimate of drug-likeness (QED) is 0.714. The number of hydrogen-bond donors (Lipinski definition) is 2. The molecule has 0 radical (unpaired) electrons. The molecule has 1 aromatic rings. The molecule has 1 fully saturated rings. The fourth-order valence-electron chi connectivity index (χ4n) is 2.04. The Bertz CT molecular complexity index is 480. The van der Waals surface area contributed by atoms with Gasteiger partial charge in [0.1, 0.15) is 5.54 Å². The van der Waals surface area contributed by atoms with Crippen LogP contribution in [0.1, 0.15) is 24.2 Å². The number of nitrogens with two attached hydrogens (primary N) is 1. The summed E-state index contributed by atoms with van der Waals surface area (Å²) >= 11 is 0. The summed E-state index contributed by atoms with van der Waals surface area (Å²) in [5.41, 5.74) is 5.93. The fraction of sp³-hybridized carbons (Fsp3) is 0.385. The van der Waals surface area contributed by atoms with Crippen LogP contribution in [0.3, 0.4) is 0 Å². The van der Waals surface area contributed by atoms with Crippen LogP contribution in [0.2, 0.25) is 0 Å². The molecule has 0 saturated carbocycles. The van der Waals surface area contributed by atoms with Crippen molar-refractivity contribution in [1.82, 2.24) is 10.2 Å². The molecule has 0 aromatic heterocycles. The Kier molecular flexibility index (Phi) is 2.98. The summed E-state index contributed by atoms with van der Waals surface area (Å²) in [4.78, 5) is 25.8. The summed E-state index contributed by atoms with van der Waals surface area (Å²) in [5.74, 6) is -0.271. The van der Waals surface area contributed by atoms with Crippen LogP contribution in [0.25, 0.3) is 0 Å². The van der Waals surface area contributed by atoms with Gasteiger partial charge in [-0.3, -0.25) is 9.59 Å². The molecule has 5 heteroatoms. The van der Waals surface area contributed by atoms with Gasteiger partial charge in [-0.25, -0.2) is 0 Å². The van der Waals surface area contributed by atoms with E-state index in [-0.39, 0.29) is 11.8 Å². The minimum atomic E-state index is -0.823. The van der Waals surface area contributed by atoms with E-state index in [0.717, 1.165) is 0 Å². The number of amides is 2. The van der Waals surface area contributed by atoms with E-state index in [1.54, 1.807) is 43.0 Å². The largest absolute Gasteiger partial charge is 0.399 e. The molecule has 1 aliphatic rings. The molecular formula is C13H17N3O2. The second-order valence-electron chi connectivity index (χ2n) is 4.89. The van der Waals surface area contributed by atoms with E-state index in [1.165, 1.54) is 0 Å². The number of nitrogens with one attached hydrogen (secondary N) is 1. The Labute approximate surface area is 106 Å². The number of anilines is 1. The summed E-state index contributed by atoms with van der Waals surface area (Å²) in [5, 5.41) is 2.76. The second-order valence-corrected chi connectivity index (χ2v) is 4.89. The molecular weight excluding hydrogens is 230 g/mol. The van der Waals surface area contributed by atoms with Crippen LogP contribution in [-0.2, 0) is 4.79 Å². The zero-order chi connectivity index (χ0) is 13.3. The van der Waals surface area contributed by atoms with E-state index in [1.807, 2.05) is 0 Å². The molecule has 18 heavy (non-hydrogen) atoms. The van der Waals surface area contributed by atoms with E-state index < -0.39 is 5.54 Å². The first-order valence-electron chi connectivity index (χ1n) is 5.89. The summed E-state index contributed by atoms with van der Waals surface area (Å²) in [7, 11) is 0. The molecule has 0 bridgehead atoms. The predicted octanol–water partition coefficient (Wildman–Crippen LogP) is 0.619. The molecule has 0 unspecified atom stereocenters. The van der Waals surface area contributed by atoms with Gasteiger partial charge in [0, 0.05) is 24.3 Å². The monoisotopic (exact) mass is 247 g/mol. The number of rotatable bonds is 1. The van der Waals surface area contributed by atoms with Gasteiger partial charge in [0.2, 0.25) is 5.91 Å². The van der Waals surface area contributed by atoms with E-state index in [2.05, 4.69) is 5.32 Å². The fourth-order valence-corrected chi connectivity index (χ4v) is 2.04. The molecule has 0 spiro atoms. The zero-order valence-corrected chi connectivity index (χ0v) is 10.6. The average molecular weight is 247 g/mol. The maximum atomic E-state index is 12.4. The van der Waals surface area contributed by atoms with Crippen molar-refractivity contribution in [3.05, 3.63) is 29.8 Å². The lowest BCUT2D eigenvalue weighted by molar-refractivity contribution is -0.133. The number of carbonyl (C=O) groups excluding carboxylic acids is 2. The van der Waals surface area contributed by atoms with Crippen molar-refractivity contribution in [2.75, 3.05) is 18.8 Å². The summed E-state index contributed by atoms with van der Waals surface area (Å²) in [6.45, 7) is 4.50. The van der Waals surface area contributed by atoms with E-state index in [4.69, 9.17) is 5.73 Å². The van der Waals surface area contributed by atoms with E-state index in [9.17, 15) is 9.59 Å². The van der Waals surface area contributed by atoms with Crippen LogP contribution in [-0.4, -0.2) is 35.3 Å². The highest BCUT2D eigenvalue weighted by atomic mass is 16.2. The molecule has 0 atom stereocenters. The summed E-state index contributed by atoms with van der Waals surface area (Å²) in [6, 6.07) is 6.73. The van der Waals surface area contributed by atoms with Crippen LogP contribution in [0.4, 0.5) is 5.69 Å². The lowest BCUT2D eigenvalue weighted by Gasteiger charge is -2.41. The van der Waals surface area contributed by atoms with Crippen molar-refractivity contribution >= 4 is 17.5 Å². The van der Waals surface area contributed by atoms with Crippen molar-refractivity contribution in [3.63, 3.8) is 0 Å². The average Bonchev–Trinajstić information content (AvgIpc) is 2.33. The molecule has 2 amide bonds. The number of carbonyl (C=O) groups is 2. The van der Waals surface area contributed by atoms with Crippen molar-refractivity contribution in [2.45, 2.75) is 19.4 Å². The van der Waals surface area contributed by atoms with Gasteiger partial charge < -0.3 is 16.0 Å². The third-order valence-corrected chi connectivity index (χ3v) is 3.25. The SMILES string of the molecule is CC1(C)C(=O)NCCN1C(=O)c1ccc(N)cc1. The number of hydrogen-bond acceptors (Lipinski definition) is 3. The first-order chi connectivity index (χ1) is 8.43. The molecule has 0 aliphatic carbocycles. The topological polar surface area (TPSA) is 75.4 Å². The Balaban J connectivity index is 2.28.